The van der Waals surface area contributed by atoms with Crippen LogP contribution in [0.4, 0.5) is 0 Å². The van der Waals surface area contributed by atoms with Gasteiger partial charge < -0.3 is 14.8 Å². The highest BCUT2D eigenvalue weighted by Crippen LogP contribution is 2.29. The first kappa shape index (κ1) is 23.4. The van der Waals surface area contributed by atoms with Crippen LogP contribution in [0.15, 0.2) is 78.9 Å². The molecule has 6 heteroatoms. The summed E-state index contributed by atoms with van der Waals surface area (Å²) < 4.78 is 10.8. The van der Waals surface area contributed by atoms with E-state index in [-0.39, 0.29) is 5.91 Å². The van der Waals surface area contributed by atoms with E-state index in [2.05, 4.69) is 5.32 Å². The standard InChI is InChI=1S/C26H27NO4S/c1-30-26(29)24(15-16-32-2)27-25(28)22-14-13-21(31-18-19-9-5-3-6-10-19)17-23(22)20-11-7-4-8-12-20/h3-14,17,24H,15-16,18H2,1-2H3,(H,27,28). The number of esters is 1. The molecule has 0 bridgehead atoms. The first-order valence-corrected chi connectivity index (χ1v) is 11.8. The summed E-state index contributed by atoms with van der Waals surface area (Å²) in [5.74, 6) is 0.625. The van der Waals surface area contributed by atoms with E-state index < -0.39 is 12.0 Å². The molecule has 1 amide bonds. The molecule has 1 N–H and O–H groups in total. The van der Waals surface area contributed by atoms with Crippen LogP contribution in [0, 0.1) is 0 Å². The number of benzene rings is 3. The molecule has 5 nitrogen and oxygen atoms in total. The van der Waals surface area contributed by atoms with Crippen LogP contribution in [0.3, 0.4) is 0 Å². The Labute approximate surface area is 193 Å². The lowest BCUT2D eigenvalue weighted by Gasteiger charge is -2.18. The Kier molecular flexibility index (Phi) is 8.75. The Hall–Kier alpha value is -3.25. The molecule has 32 heavy (non-hydrogen) atoms. The molecule has 3 aromatic rings. The maximum atomic E-state index is 13.2. The van der Waals surface area contributed by atoms with Gasteiger partial charge in [0, 0.05) is 5.56 Å². The predicted octanol–water partition coefficient (Wildman–Crippen LogP) is 4.96. The van der Waals surface area contributed by atoms with E-state index in [9.17, 15) is 9.59 Å². The second kappa shape index (κ2) is 12.0. The maximum absolute atomic E-state index is 13.2. The molecule has 0 aliphatic carbocycles. The van der Waals surface area contributed by atoms with Gasteiger partial charge >= 0.3 is 5.97 Å². The fraction of sp³-hybridized carbons (Fsp3) is 0.231. The molecule has 1 atom stereocenters. The van der Waals surface area contributed by atoms with Gasteiger partial charge in [0.1, 0.15) is 18.4 Å². The van der Waals surface area contributed by atoms with Crippen molar-refractivity contribution in [3.05, 3.63) is 90.0 Å². The molecule has 0 fully saturated rings. The zero-order valence-electron chi connectivity index (χ0n) is 18.2. The second-order valence-corrected chi connectivity index (χ2v) is 8.16. The van der Waals surface area contributed by atoms with Crippen molar-refractivity contribution in [3.8, 4) is 16.9 Å². The Bertz CT molecular complexity index is 1020. The number of thioether (sulfide) groups is 1. The molecule has 3 rings (SSSR count). The van der Waals surface area contributed by atoms with E-state index >= 15 is 0 Å². The van der Waals surface area contributed by atoms with Crippen molar-refractivity contribution in [2.75, 3.05) is 19.1 Å². The van der Waals surface area contributed by atoms with Gasteiger partial charge in [-0.25, -0.2) is 4.79 Å². The van der Waals surface area contributed by atoms with E-state index in [1.54, 1.807) is 23.9 Å². The van der Waals surface area contributed by atoms with Crippen LogP contribution in [0.2, 0.25) is 0 Å². The van der Waals surface area contributed by atoms with Crippen LogP contribution >= 0.6 is 11.8 Å². The number of amides is 1. The van der Waals surface area contributed by atoms with Gasteiger partial charge in [0.15, 0.2) is 0 Å². The van der Waals surface area contributed by atoms with E-state index in [0.29, 0.717) is 24.3 Å². The lowest BCUT2D eigenvalue weighted by Crippen LogP contribution is -2.42. The zero-order valence-corrected chi connectivity index (χ0v) is 19.1. The molecule has 166 valence electrons. The number of ether oxygens (including phenoxy) is 2. The fourth-order valence-corrected chi connectivity index (χ4v) is 3.74. The van der Waals surface area contributed by atoms with E-state index in [1.165, 1.54) is 7.11 Å². The van der Waals surface area contributed by atoms with E-state index in [0.717, 1.165) is 22.4 Å². The molecule has 3 aromatic carbocycles. The third-order valence-electron chi connectivity index (χ3n) is 4.97. The van der Waals surface area contributed by atoms with Crippen LogP contribution in [0.25, 0.3) is 11.1 Å². The van der Waals surface area contributed by atoms with Gasteiger partial charge in [-0.3, -0.25) is 4.79 Å². The van der Waals surface area contributed by atoms with Crippen molar-refractivity contribution in [2.24, 2.45) is 0 Å². The fourth-order valence-electron chi connectivity index (χ4n) is 3.27. The lowest BCUT2D eigenvalue weighted by atomic mass is 9.98. The normalized spacial score (nSPS) is 11.4. The third kappa shape index (κ3) is 6.37. The van der Waals surface area contributed by atoms with Gasteiger partial charge in [0.25, 0.3) is 5.91 Å². The van der Waals surface area contributed by atoms with Crippen molar-refractivity contribution in [3.63, 3.8) is 0 Å². The quantitative estimate of drug-likeness (QED) is 0.444. The molecule has 0 saturated heterocycles. The van der Waals surface area contributed by atoms with Crippen LogP contribution in [0.1, 0.15) is 22.3 Å². The second-order valence-electron chi connectivity index (χ2n) is 7.18. The molecule has 1 unspecified atom stereocenters. The van der Waals surface area contributed by atoms with Gasteiger partial charge in [0.05, 0.1) is 7.11 Å². The topological polar surface area (TPSA) is 64.6 Å². The SMILES string of the molecule is COC(=O)C(CCSC)NC(=O)c1ccc(OCc2ccccc2)cc1-c1ccccc1. The Morgan fingerprint density at radius 3 is 2.31 bits per heavy atom. The summed E-state index contributed by atoms with van der Waals surface area (Å²) in [6, 6.07) is 24.2. The Balaban J connectivity index is 1.86. The lowest BCUT2D eigenvalue weighted by molar-refractivity contribution is -0.142. The Morgan fingerprint density at radius 2 is 1.66 bits per heavy atom. The largest absolute Gasteiger partial charge is 0.489 e. The van der Waals surface area contributed by atoms with Gasteiger partial charge in [-0.2, -0.15) is 11.8 Å². The minimum atomic E-state index is -0.697. The number of hydrogen-bond acceptors (Lipinski definition) is 5. The van der Waals surface area contributed by atoms with Crippen molar-refractivity contribution < 1.29 is 19.1 Å². The van der Waals surface area contributed by atoms with Crippen LogP contribution < -0.4 is 10.1 Å². The molecule has 0 heterocycles. The molecule has 0 radical (unpaired) electrons. The highest BCUT2D eigenvalue weighted by Gasteiger charge is 2.23. The van der Waals surface area contributed by atoms with Crippen LogP contribution in [-0.2, 0) is 16.1 Å². The van der Waals surface area contributed by atoms with Crippen molar-refractivity contribution >= 4 is 23.6 Å². The Morgan fingerprint density at radius 1 is 0.969 bits per heavy atom. The smallest absolute Gasteiger partial charge is 0.328 e. The number of methoxy groups -OCH3 is 1. The minimum Gasteiger partial charge on any atom is -0.489 e. The molecule has 0 aliphatic rings. The van der Waals surface area contributed by atoms with Gasteiger partial charge in [-0.05, 0) is 53.3 Å². The summed E-state index contributed by atoms with van der Waals surface area (Å²) in [5, 5.41) is 2.84. The van der Waals surface area contributed by atoms with Crippen LogP contribution in [-0.4, -0.2) is 37.0 Å². The highest BCUT2D eigenvalue weighted by atomic mass is 32.2. The summed E-state index contributed by atoms with van der Waals surface area (Å²) in [5.41, 5.74) is 3.16. The molecule has 0 aromatic heterocycles. The number of carbonyl (C=O) groups is 2. The minimum absolute atomic E-state index is 0.324. The average Bonchev–Trinajstić information content (AvgIpc) is 2.85. The molecule has 0 aliphatic heterocycles. The summed E-state index contributed by atoms with van der Waals surface area (Å²) in [4.78, 5) is 25.3. The summed E-state index contributed by atoms with van der Waals surface area (Å²) in [6.07, 6.45) is 2.45. The summed E-state index contributed by atoms with van der Waals surface area (Å²) >= 11 is 1.61. The monoisotopic (exact) mass is 449 g/mol. The third-order valence-corrected chi connectivity index (χ3v) is 5.61. The molecular formula is C26H27NO4S. The molecular weight excluding hydrogens is 422 g/mol. The molecule has 0 saturated carbocycles. The van der Waals surface area contributed by atoms with Crippen molar-refractivity contribution in [1.82, 2.24) is 5.32 Å². The van der Waals surface area contributed by atoms with E-state index in [4.69, 9.17) is 9.47 Å². The number of nitrogens with one attached hydrogen (secondary N) is 1. The van der Waals surface area contributed by atoms with Crippen LogP contribution in [0.5, 0.6) is 5.75 Å². The number of hydrogen-bond donors (Lipinski definition) is 1. The van der Waals surface area contributed by atoms with Gasteiger partial charge in [-0.15, -0.1) is 0 Å². The van der Waals surface area contributed by atoms with Gasteiger partial charge in [0.2, 0.25) is 0 Å². The zero-order chi connectivity index (χ0) is 22.8. The first-order valence-electron chi connectivity index (χ1n) is 10.4. The van der Waals surface area contributed by atoms with Crippen molar-refractivity contribution in [1.29, 1.82) is 0 Å². The predicted molar refractivity (Wildman–Crippen MR) is 129 cm³/mol. The first-order chi connectivity index (χ1) is 15.6. The van der Waals surface area contributed by atoms with E-state index in [1.807, 2.05) is 73.0 Å². The van der Waals surface area contributed by atoms with Crippen molar-refractivity contribution in [2.45, 2.75) is 19.1 Å². The average molecular weight is 450 g/mol. The highest BCUT2D eigenvalue weighted by molar-refractivity contribution is 7.98. The number of rotatable bonds is 10. The molecule has 0 spiro atoms. The summed E-state index contributed by atoms with van der Waals surface area (Å²) in [7, 11) is 1.33. The summed E-state index contributed by atoms with van der Waals surface area (Å²) in [6.45, 7) is 0.430. The maximum Gasteiger partial charge on any atom is 0.328 e. The van der Waals surface area contributed by atoms with Gasteiger partial charge in [-0.1, -0.05) is 60.7 Å². The number of carbonyl (C=O) groups excluding carboxylic acids is 2.